The Kier molecular flexibility index (Phi) is 3.23. The van der Waals surface area contributed by atoms with Crippen molar-refractivity contribution in [2.75, 3.05) is 5.73 Å². The minimum absolute atomic E-state index is 0.308. The van der Waals surface area contributed by atoms with Crippen molar-refractivity contribution in [1.82, 2.24) is 10.1 Å². The summed E-state index contributed by atoms with van der Waals surface area (Å²) < 4.78 is 18.9. The lowest BCUT2D eigenvalue weighted by molar-refractivity contribution is 0.432. The zero-order valence-electron chi connectivity index (χ0n) is 10.2. The van der Waals surface area contributed by atoms with Gasteiger partial charge in [0.15, 0.2) is 0 Å². The van der Waals surface area contributed by atoms with Crippen molar-refractivity contribution < 1.29 is 8.91 Å². The summed E-state index contributed by atoms with van der Waals surface area (Å²) >= 11 is 3.36. The van der Waals surface area contributed by atoms with Crippen molar-refractivity contribution in [2.24, 2.45) is 0 Å². The number of anilines is 1. The molecule has 6 heteroatoms. The van der Waals surface area contributed by atoms with Crippen LogP contribution in [0.3, 0.4) is 0 Å². The lowest BCUT2D eigenvalue weighted by atomic mass is 10.2. The average Bonchev–Trinajstić information content (AvgIpc) is 2.88. The van der Waals surface area contributed by atoms with Gasteiger partial charge in [0.1, 0.15) is 5.82 Å². The summed E-state index contributed by atoms with van der Waals surface area (Å²) in [5, 5.41) is 3.89. The Bertz CT molecular complexity index is 735. The normalized spacial score (nSPS) is 10.7. The van der Waals surface area contributed by atoms with Crippen LogP contribution in [-0.4, -0.2) is 10.1 Å². The molecule has 3 aromatic rings. The van der Waals surface area contributed by atoms with Crippen LogP contribution < -0.4 is 5.73 Å². The van der Waals surface area contributed by atoms with Crippen molar-refractivity contribution in [3.8, 4) is 22.8 Å². The van der Waals surface area contributed by atoms with Crippen LogP contribution in [0.5, 0.6) is 0 Å². The molecule has 0 saturated carbocycles. The van der Waals surface area contributed by atoms with E-state index in [0.717, 1.165) is 10.0 Å². The third-order valence-electron chi connectivity index (χ3n) is 2.70. The van der Waals surface area contributed by atoms with E-state index in [2.05, 4.69) is 26.1 Å². The highest BCUT2D eigenvalue weighted by molar-refractivity contribution is 9.10. The molecule has 0 aliphatic carbocycles. The van der Waals surface area contributed by atoms with E-state index in [4.69, 9.17) is 10.3 Å². The second-order valence-electron chi connectivity index (χ2n) is 4.20. The molecule has 0 spiro atoms. The van der Waals surface area contributed by atoms with Gasteiger partial charge in [-0.05, 0) is 42.5 Å². The molecule has 0 fully saturated rings. The largest absolute Gasteiger partial charge is 0.399 e. The van der Waals surface area contributed by atoms with E-state index in [0.29, 0.717) is 23.0 Å². The Hall–Kier alpha value is -2.21. The predicted octanol–water partition coefficient (Wildman–Crippen LogP) is 3.89. The zero-order valence-corrected chi connectivity index (χ0v) is 11.8. The number of nitrogen functional groups attached to an aromatic ring is 1. The first-order chi connectivity index (χ1) is 9.61. The Morgan fingerprint density at radius 2 is 1.80 bits per heavy atom. The number of aromatic nitrogens is 2. The van der Waals surface area contributed by atoms with Crippen LogP contribution in [0.2, 0.25) is 0 Å². The molecule has 100 valence electrons. The van der Waals surface area contributed by atoms with Crippen molar-refractivity contribution in [1.29, 1.82) is 0 Å². The van der Waals surface area contributed by atoms with Crippen molar-refractivity contribution in [3.05, 3.63) is 52.8 Å². The van der Waals surface area contributed by atoms with Crippen LogP contribution in [0.25, 0.3) is 22.8 Å². The second-order valence-corrected chi connectivity index (χ2v) is 5.12. The number of nitrogens with zero attached hydrogens (tertiary/aromatic N) is 2. The predicted molar refractivity (Wildman–Crippen MR) is 77.2 cm³/mol. The van der Waals surface area contributed by atoms with Gasteiger partial charge < -0.3 is 10.3 Å². The summed E-state index contributed by atoms with van der Waals surface area (Å²) in [6.45, 7) is 0. The van der Waals surface area contributed by atoms with E-state index in [1.165, 1.54) is 12.1 Å². The number of hydrogen-bond acceptors (Lipinski definition) is 4. The fourth-order valence-electron chi connectivity index (χ4n) is 1.79. The molecule has 1 heterocycles. The molecule has 0 unspecified atom stereocenters. The van der Waals surface area contributed by atoms with Gasteiger partial charge in [-0.25, -0.2) is 4.39 Å². The number of hydrogen-bond donors (Lipinski definition) is 1. The SMILES string of the molecule is Nc1cc(Br)cc(-c2nc(-c3ccc(F)cc3)no2)c1. The summed E-state index contributed by atoms with van der Waals surface area (Å²) in [6.07, 6.45) is 0. The van der Waals surface area contributed by atoms with Crippen molar-refractivity contribution >= 4 is 21.6 Å². The quantitative estimate of drug-likeness (QED) is 0.722. The van der Waals surface area contributed by atoms with Gasteiger partial charge in [0.2, 0.25) is 5.82 Å². The van der Waals surface area contributed by atoms with E-state index in [1.54, 1.807) is 24.3 Å². The molecule has 0 aliphatic rings. The zero-order chi connectivity index (χ0) is 14.1. The Morgan fingerprint density at radius 1 is 1.05 bits per heavy atom. The van der Waals surface area contributed by atoms with E-state index in [1.807, 2.05) is 6.07 Å². The number of rotatable bonds is 2. The summed E-state index contributed by atoms with van der Waals surface area (Å²) in [7, 11) is 0. The monoisotopic (exact) mass is 333 g/mol. The summed E-state index contributed by atoms with van der Waals surface area (Å²) in [5.41, 5.74) is 7.77. The van der Waals surface area contributed by atoms with Crippen LogP contribution in [0.1, 0.15) is 0 Å². The standard InChI is InChI=1S/C14H9BrFN3O/c15-10-5-9(6-12(17)7-10)14-18-13(19-20-14)8-1-3-11(16)4-2-8/h1-7H,17H2. The smallest absolute Gasteiger partial charge is 0.258 e. The molecule has 0 radical (unpaired) electrons. The first-order valence-corrected chi connectivity index (χ1v) is 6.57. The first kappa shape index (κ1) is 12.8. The molecule has 1 aromatic heterocycles. The minimum Gasteiger partial charge on any atom is -0.399 e. The Morgan fingerprint density at radius 3 is 2.50 bits per heavy atom. The second kappa shape index (κ2) is 5.05. The van der Waals surface area contributed by atoms with Gasteiger partial charge in [-0.2, -0.15) is 4.98 Å². The number of halogens is 2. The Labute approximate surface area is 122 Å². The summed E-state index contributed by atoms with van der Waals surface area (Å²) in [5.74, 6) is 0.452. The maximum Gasteiger partial charge on any atom is 0.258 e. The van der Waals surface area contributed by atoms with Gasteiger partial charge in [-0.15, -0.1) is 0 Å². The average molecular weight is 334 g/mol. The fourth-order valence-corrected chi connectivity index (χ4v) is 2.30. The van der Waals surface area contributed by atoms with Crippen LogP contribution >= 0.6 is 15.9 Å². The molecule has 3 rings (SSSR count). The van der Waals surface area contributed by atoms with E-state index < -0.39 is 0 Å². The molecule has 0 amide bonds. The lowest BCUT2D eigenvalue weighted by Gasteiger charge is -1.98. The van der Waals surface area contributed by atoms with Gasteiger partial charge in [-0.1, -0.05) is 21.1 Å². The van der Waals surface area contributed by atoms with Gasteiger partial charge >= 0.3 is 0 Å². The third-order valence-corrected chi connectivity index (χ3v) is 3.15. The molecule has 2 N–H and O–H groups in total. The molecular weight excluding hydrogens is 325 g/mol. The third kappa shape index (κ3) is 2.55. The molecule has 4 nitrogen and oxygen atoms in total. The van der Waals surface area contributed by atoms with E-state index >= 15 is 0 Å². The van der Waals surface area contributed by atoms with Crippen LogP contribution in [0, 0.1) is 5.82 Å². The number of nitrogens with two attached hydrogens (primary N) is 1. The topological polar surface area (TPSA) is 64.9 Å². The Balaban J connectivity index is 1.99. The molecule has 2 aromatic carbocycles. The number of benzene rings is 2. The first-order valence-electron chi connectivity index (χ1n) is 5.78. The van der Waals surface area contributed by atoms with E-state index in [9.17, 15) is 4.39 Å². The summed E-state index contributed by atoms with van der Waals surface area (Å²) in [6, 6.07) is 11.2. The maximum atomic E-state index is 12.9. The molecule has 0 atom stereocenters. The summed E-state index contributed by atoms with van der Waals surface area (Å²) in [4.78, 5) is 4.29. The molecule has 0 aliphatic heterocycles. The van der Waals surface area contributed by atoms with Crippen molar-refractivity contribution in [3.63, 3.8) is 0 Å². The van der Waals surface area contributed by atoms with Crippen LogP contribution in [0.15, 0.2) is 51.5 Å². The van der Waals surface area contributed by atoms with Gasteiger partial charge in [0.05, 0.1) is 0 Å². The maximum absolute atomic E-state index is 12.9. The lowest BCUT2D eigenvalue weighted by Crippen LogP contribution is -1.87. The fraction of sp³-hybridized carbons (Fsp3) is 0. The molecule has 0 bridgehead atoms. The molecular formula is C14H9BrFN3O. The van der Waals surface area contributed by atoms with Crippen molar-refractivity contribution in [2.45, 2.75) is 0 Å². The highest BCUT2D eigenvalue weighted by Crippen LogP contribution is 2.27. The minimum atomic E-state index is -0.308. The highest BCUT2D eigenvalue weighted by atomic mass is 79.9. The highest BCUT2D eigenvalue weighted by Gasteiger charge is 2.11. The van der Waals surface area contributed by atoms with Gasteiger partial charge in [-0.3, -0.25) is 0 Å². The van der Waals surface area contributed by atoms with Gasteiger partial charge in [0, 0.05) is 21.3 Å². The van der Waals surface area contributed by atoms with Crippen LogP contribution in [-0.2, 0) is 0 Å². The molecule has 0 saturated heterocycles. The van der Waals surface area contributed by atoms with Crippen LogP contribution in [0.4, 0.5) is 10.1 Å². The van der Waals surface area contributed by atoms with Gasteiger partial charge in [0.25, 0.3) is 5.89 Å². The molecule has 20 heavy (non-hydrogen) atoms. The van der Waals surface area contributed by atoms with E-state index in [-0.39, 0.29) is 5.82 Å².